The number of likely N-dealkylation sites (tertiary alicyclic amines) is 1. The van der Waals surface area contributed by atoms with Crippen molar-refractivity contribution in [3.05, 3.63) is 35.4 Å². The van der Waals surface area contributed by atoms with Gasteiger partial charge in [-0.3, -0.25) is 4.90 Å². The fourth-order valence-electron chi connectivity index (χ4n) is 4.60. The lowest BCUT2D eigenvalue weighted by Gasteiger charge is -2.52. The molecule has 1 heterocycles. The van der Waals surface area contributed by atoms with Gasteiger partial charge in [-0.2, -0.15) is 0 Å². The molecule has 2 unspecified atom stereocenters. The lowest BCUT2D eigenvalue weighted by molar-refractivity contribution is 0.0165. The van der Waals surface area contributed by atoms with Crippen molar-refractivity contribution in [2.75, 3.05) is 13.1 Å². The number of benzene rings is 1. The van der Waals surface area contributed by atoms with Crippen LogP contribution in [0.2, 0.25) is 0 Å². The Kier molecular flexibility index (Phi) is 3.42. The van der Waals surface area contributed by atoms with E-state index < -0.39 is 0 Å². The lowest BCUT2D eigenvalue weighted by Crippen LogP contribution is -2.58. The molecule has 2 aliphatic rings. The number of rotatable bonds is 2. The Morgan fingerprint density at radius 2 is 2.00 bits per heavy atom. The summed E-state index contributed by atoms with van der Waals surface area (Å²) in [5.74, 6) is 0.664. The monoisotopic (exact) mass is 272 g/mol. The van der Waals surface area contributed by atoms with E-state index in [1.807, 2.05) is 0 Å². The van der Waals surface area contributed by atoms with E-state index in [9.17, 15) is 0 Å². The standard InChI is InChI=1S/C18H28N2/c1-14-9-11-18(13-19,16-8-5-4-7-15(14)16)20-12-6-10-17(20,2)3/h4-5,7-8,14H,6,9-13,19H2,1-3H3. The average Bonchev–Trinajstić information content (AvgIpc) is 2.81. The van der Waals surface area contributed by atoms with Gasteiger partial charge in [0, 0.05) is 12.1 Å². The minimum Gasteiger partial charge on any atom is -0.328 e. The molecule has 0 saturated carbocycles. The average molecular weight is 272 g/mol. The molecule has 2 N–H and O–H groups in total. The predicted octanol–water partition coefficient (Wildman–Crippen LogP) is 3.61. The van der Waals surface area contributed by atoms with Crippen LogP contribution in [0.1, 0.15) is 63.5 Å². The molecule has 2 atom stereocenters. The molecule has 2 heteroatoms. The zero-order chi connectivity index (χ0) is 14.4. The molecule has 1 aromatic carbocycles. The van der Waals surface area contributed by atoms with E-state index in [1.165, 1.54) is 43.4 Å². The van der Waals surface area contributed by atoms with Gasteiger partial charge in [0.25, 0.3) is 0 Å². The van der Waals surface area contributed by atoms with Crippen LogP contribution in [-0.4, -0.2) is 23.5 Å². The van der Waals surface area contributed by atoms with Gasteiger partial charge < -0.3 is 5.73 Å². The summed E-state index contributed by atoms with van der Waals surface area (Å²) < 4.78 is 0. The Bertz CT molecular complexity index is 494. The molecule has 0 aromatic heterocycles. The van der Waals surface area contributed by atoms with Gasteiger partial charge >= 0.3 is 0 Å². The molecule has 0 bridgehead atoms. The van der Waals surface area contributed by atoms with Gasteiger partial charge in [-0.1, -0.05) is 31.2 Å². The zero-order valence-electron chi connectivity index (χ0n) is 13.2. The first-order valence-corrected chi connectivity index (χ1v) is 8.08. The van der Waals surface area contributed by atoms with Gasteiger partial charge in [0.2, 0.25) is 0 Å². The molecule has 0 spiro atoms. The van der Waals surface area contributed by atoms with E-state index in [0.717, 1.165) is 6.54 Å². The quantitative estimate of drug-likeness (QED) is 0.891. The SMILES string of the molecule is CC1CCC(CN)(N2CCCC2(C)C)c2ccccc21. The highest BCUT2D eigenvalue weighted by Crippen LogP contribution is 2.49. The van der Waals surface area contributed by atoms with Gasteiger partial charge in [0.15, 0.2) is 0 Å². The van der Waals surface area contributed by atoms with E-state index in [2.05, 4.69) is 49.9 Å². The molecule has 1 fully saturated rings. The largest absolute Gasteiger partial charge is 0.328 e. The van der Waals surface area contributed by atoms with E-state index in [4.69, 9.17) is 5.73 Å². The maximum atomic E-state index is 6.36. The molecular weight excluding hydrogens is 244 g/mol. The van der Waals surface area contributed by atoms with E-state index in [-0.39, 0.29) is 11.1 Å². The number of nitrogens with zero attached hydrogens (tertiary/aromatic N) is 1. The first-order valence-electron chi connectivity index (χ1n) is 8.08. The van der Waals surface area contributed by atoms with Gasteiger partial charge in [0.1, 0.15) is 0 Å². The van der Waals surface area contributed by atoms with Crippen molar-refractivity contribution in [2.24, 2.45) is 5.73 Å². The fourth-order valence-corrected chi connectivity index (χ4v) is 4.60. The third-order valence-electron chi connectivity index (χ3n) is 5.74. The molecule has 20 heavy (non-hydrogen) atoms. The molecule has 1 saturated heterocycles. The minimum atomic E-state index is 0.0586. The molecular formula is C18H28N2. The third-order valence-corrected chi connectivity index (χ3v) is 5.74. The predicted molar refractivity (Wildman–Crippen MR) is 84.8 cm³/mol. The smallest absolute Gasteiger partial charge is 0.0591 e. The van der Waals surface area contributed by atoms with Crippen LogP contribution in [0.3, 0.4) is 0 Å². The van der Waals surface area contributed by atoms with E-state index in [0.29, 0.717) is 5.92 Å². The minimum absolute atomic E-state index is 0.0586. The second kappa shape index (κ2) is 4.85. The van der Waals surface area contributed by atoms with Crippen LogP contribution >= 0.6 is 0 Å². The summed E-state index contributed by atoms with van der Waals surface area (Å²) in [6, 6.07) is 9.00. The number of hydrogen-bond acceptors (Lipinski definition) is 2. The van der Waals surface area contributed by atoms with Gasteiger partial charge in [-0.05, 0) is 63.1 Å². The van der Waals surface area contributed by atoms with Crippen LogP contribution in [0.4, 0.5) is 0 Å². The molecule has 2 nitrogen and oxygen atoms in total. The number of hydrogen-bond donors (Lipinski definition) is 1. The summed E-state index contributed by atoms with van der Waals surface area (Å²) in [5, 5.41) is 0. The molecule has 0 amide bonds. The lowest BCUT2D eigenvalue weighted by atomic mass is 9.70. The fraction of sp³-hybridized carbons (Fsp3) is 0.667. The molecule has 0 radical (unpaired) electrons. The molecule has 3 rings (SSSR count). The van der Waals surface area contributed by atoms with Crippen LogP contribution in [0.25, 0.3) is 0 Å². The third kappa shape index (κ3) is 1.93. The topological polar surface area (TPSA) is 29.3 Å². The summed E-state index contributed by atoms with van der Waals surface area (Å²) in [6.07, 6.45) is 5.03. The van der Waals surface area contributed by atoms with Gasteiger partial charge in [-0.15, -0.1) is 0 Å². The van der Waals surface area contributed by atoms with Gasteiger partial charge in [-0.25, -0.2) is 0 Å². The van der Waals surface area contributed by atoms with Crippen molar-refractivity contribution >= 4 is 0 Å². The van der Waals surface area contributed by atoms with Crippen molar-refractivity contribution in [3.8, 4) is 0 Å². The Labute approximate surface area is 123 Å². The maximum absolute atomic E-state index is 6.36. The first-order chi connectivity index (χ1) is 9.51. The van der Waals surface area contributed by atoms with Crippen molar-refractivity contribution in [1.82, 2.24) is 4.90 Å². The van der Waals surface area contributed by atoms with E-state index >= 15 is 0 Å². The second-order valence-corrected chi connectivity index (χ2v) is 7.33. The van der Waals surface area contributed by atoms with Crippen LogP contribution in [0, 0.1) is 0 Å². The highest BCUT2D eigenvalue weighted by molar-refractivity contribution is 5.39. The van der Waals surface area contributed by atoms with Crippen molar-refractivity contribution < 1.29 is 0 Å². The molecule has 1 aromatic rings. The Hall–Kier alpha value is -0.860. The summed E-state index contributed by atoms with van der Waals surface area (Å²) in [5.41, 5.74) is 9.70. The van der Waals surface area contributed by atoms with E-state index in [1.54, 1.807) is 0 Å². The van der Waals surface area contributed by atoms with Crippen molar-refractivity contribution in [3.63, 3.8) is 0 Å². The molecule has 1 aliphatic carbocycles. The first kappa shape index (κ1) is 14.1. The van der Waals surface area contributed by atoms with Crippen molar-refractivity contribution in [2.45, 2.75) is 63.5 Å². The van der Waals surface area contributed by atoms with Gasteiger partial charge in [0.05, 0.1) is 5.54 Å². The molecule has 1 aliphatic heterocycles. The Balaban J connectivity index is 2.12. The van der Waals surface area contributed by atoms with Crippen LogP contribution in [-0.2, 0) is 5.54 Å². The van der Waals surface area contributed by atoms with Crippen molar-refractivity contribution in [1.29, 1.82) is 0 Å². The Morgan fingerprint density at radius 1 is 1.25 bits per heavy atom. The zero-order valence-corrected chi connectivity index (χ0v) is 13.2. The number of fused-ring (bicyclic) bond motifs is 1. The second-order valence-electron chi connectivity index (χ2n) is 7.33. The maximum Gasteiger partial charge on any atom is 0.0591 e. The highest BCUT2D eigenvalue weighted by Gasteiger charge is 2.49. The summed E-state index contributed by atoms with van der Waals surface area (Å²) in [4.78, 5) is 2.71. The Morgan fingerprint density at radius 3 is 2.65 bits per heavy atom. The van der Waals surface area contributed by atoms with Crippen LogP contribution in [0.15, 0.2) is 24.3 Å². The summed E-state index contributed by atoms with van der Waals surface area (Å²) in [7, 11) is 0. The van der Waals surface area contributed by atoms with Crippen LogP contribution < -0.4 is 5.73 Å². The normalized spacial score (nSPS) is 33.1. The summed E-state index contributed by atoms with van der Waals surface area (Å²) in [6.45, 7) is 9.05. The highest BCUT2D eigenvalue weighted by atomic mass is 15.3. The molecule has 110 valence electrons. The number of nitrogens with two attached hydrogens (primary N) is 1. The van der Waals surface area contributed by atoms with Crippen LogP contribution in [0.5, 0.6) is 0 Å². The summed E-state index contributed by atoms with van der Waals surface area (Å²) >= 11 is 0.